The van der Waals surface area contributed by atoms with Crippen molar-refractivity contribution in [2.75, 3.05) is 0 Å². The normalized spacial score (nSPS) is 18.9. The fourth-order valence-corrected chi connectivity index (χ4v) is 2.78. The number of aromatic amines is 1. The highest BCUT2D eigenvalue weighted by molar-refractivity contribution is 5.58. The minimum atomic E-state index is 0.769. The molecule has 0 amide bonds. The first-order chi connectivity index (χ1) is 8.67. The second-order valence-electron chi connectivity index (χ2n) is 5.38. The Morgan fingerprint density at radius 1 is 1.50 bits per heavy atom. The van der Waals surface area contributed by atoms with E-state index in [4.69, 9.17) is 4.98 Å². The summed E-state index contributed by atoms with van der Waals surface area (Å²) in [6.07, 6.45) is 6.49. The molecular weight excluding hydrogens is 224 g/mol. The van der Waals surface area contributed by atoms with Gasteiger partial charge < -0.3 is 4.98 Å². The van der Waals surface area contributed by atoms with Crippen molar-refractivity contribution in [1.82, 2.24) is 19.7 Å². The smallest absolute Gasteiger partial charge is 0.141 e. The van der Waals surface area contributed by atoms with Crippen LogP contribution in [-0.2, 0) is 26.3 Å². The molecule has 3 rings (SSSR count). The van der Waals surface area contributed by atoms with Crippen molar-refractivity contribution in [2.45, 2.75) is 39.5 Å². The predicted octanol–water partition coefficient (Wildman–Crippen LogP) is 2.50. The molecule has 1 unspecified atom stereocenters. The Morgan fingerprint density at radius 3 is 3.11 bits per heavy atom. The number of hydrogen-bond donors (Lipinski definition) is 1. The molecule has 1 aliphatic rings. The van der Waals surface area contributed by atoms with Crippen LogP contribution in [0.5, 0.6) is 0 Å². The van der Waals surface area contributed by atoms with E-state index in [-0.39, 0.29) is 0 Å². The van der Waals surface area contributed by atoms with Crippen LogP contribution in [0.3, 0.4) is 0 Å². The topological polar surface area (TPSA) is 46.5 Å². The van der Waals surface area contributed by atoms with Crippen LogP contribution >= 0.6 is 0 Å². The number of nitrogens with one attached hydrogen (secondary N) is 1. The molecule has 4 nitrogen and oxygen atoms in total. The fraction of sp³-hybridized carbons (Fsp3) is 0.571. The molecule has 1 atom stereocenters. The molecule has 4 heteroatoms. The lowest BCUT2D eigenvalue weighted by Crippen LogP contribution is -2.10. The molecule has 96 valence electrons. The average molecular weight is 244 g/mol. The minimum absolute atomic E-state index is 0.769. The summed E-state index contributed by atoms with van der Waals surface area (Å²) >= 11 is 0. The van der Waals surface area contributed by atoms with Gasteiger partial charge in [0, 0.05) is 18.9 Å². The Kier molecular flexibility index (Phi) is 2.73. The van der Waals surface area contributed by atoms with Crippen LogP contribution in [0.1, 0.15) is 37.4 Å². The first-order valence-electron chi connectivity index (χ1n) is 6.78. The van der Waals surface area contributed by atoms with E-state index in [1.165, 1.54) is 17.8 Å². The lowest BCUT2D eigenvalue weighted by atomic mass is 9.92. The average Bonchev–Trinajstić information content (AvgIpc) is 2.91. The van der Waals surface area contributed by atoms with E-state index in [0.717, 1.165) is 42.3 Å². The standard InChI is InChI=1S/C14H20N4/c1-4-11-10(8-18(3)17-11)14-15-12-6-5-9(2)7-13(12)16-14/h8-9H,4-7H2,1-3H3,(H,15,16). The maximum atomic E-state index is 4.77. The summed E-state index contributed by atoms with van der Waals surface area (Å²) in [5.74, 6) is 1.77. The molecule has 2 aromatic heterocycles. The van der Waals surface area contributed by atoms with Crippen molar-refractivity contribution in [3.8, 4) is 11.4 Å². The van der Waals surface area contributed by atoms with E-state index in [1.54, 1.807) is 0 Å². The Hall–Kier alpha value is -1.58. The van der Waals surface area contributed by atoms with Gasteiger partial charge in [0.2, 0.25) is 0 Å². The third-order valence-electron chi connectivity index (χ3n) is 3.79. The van der Waals surface area contributed by atoms with Gasteiger partial charge >= 0.3 is 0 Å². The molecule has 18 heavy (non-hydrogen) atoms. The zero-order chi connectivity index (χ0) is 12.7. The van der Waals surface area contributed by atoms with Crippen molar-refractivity contribution < 1.29 is 0 Å². The summed E-state index contributed by atoms with van der Waals surface area (Å²) < 4.78 is 1.87. The van der Waals surface area contributed by atoms with E-state index in [2.05, 4.69) is 30.1 Å². The molecule has 0 aliphatic heterocycles. The maximum absolute atomic E-state index is 4.77. The van der Waals surface area contributed by atoms with Gasteiger partial charge in [-0.25, -0.2) is 4.98 Å². The van der Waals surface area contributed by atoms with Gasteiger partial charge in [-0.2, -0.15) is 5.10 Å². The summed E-state index contributed by atoms with van der Waals surface area (Å²) in [7, 11) is 1.97. The second kappa shape index (κ2) is 4.26. The lowest BCUT2D eigenvalue weighted by Gasteiger charge is -2.15. The van der Waals surface area contributed by atoms with Crippen LogP contribution < -0.4 is 0 Å². The maximum Gasteiger partial charge on any atom is 0.141 e. The number of imidazole rings is 1. The van der Waals surface area contributed by atoms with Gasteiger partial charge in [0.05, 0.1) is 17.0 Å². The summed E-state index contributed by atoms with van der Waals surface area (Å²) in [5.41, 5.74) is 4.86. The number of aryl methyl sites for hydroxylation is 3. The van der Waals surface area contributed by atoms with Crippen LogP contribution in [-0.4, -0.2) is 19.7 Å². The molecule has 0 aromatic carbocycles. The molecule has 1 N–H and O–H groups in total. The molecule has 1 aliphatic carbocycles. The largest absolute Gasteiger partial charge is 0.342 e. The zero-order valence-corrected chi connectivity index (χ0v) is 11.3. The summed E-state index contributed by atoms with van der Waals surface area (Å²) in [4.78, 5) is 8.27. The Morgan fingerprint density at radius 2 is 2.33 bits per heavy atom. The first-order valence-corrected chi connectivity index (χ1v) is 6.78. The predicted molar refractivity (Wildman–Crippen MR) is 71.4 cm³/mol. The Balaban J connectivity index is 2.02. The minimum Gasteiger partial charge on any atom is -0.342 e. The second-order valence-corrected chi connectivity index (χ2v) is 5.38. The first kappa shape index (κ1) is 11.5. The SMILES string of the molecule is CCc1nn(C)cc1-c1nc2c([nH]1)CC(C)CC2. The van der Waals surface area contributed by atoms with E-state index < -0.39 is 0 Å². The van der Waals surface area contributed by atoms with Crippen molar-refractivity contribution in [2.24, 2.45) is 13.0 Å². The summed E-state index contributed by atoms with van der Waals surface area (Å²) in [6, 6.07) is 0. The van der Waals surface area contributed by atoms with Crippen molar-refractivity contribution in [1.29, 1.82) is 0 Å². The number of fused-ring (bicyclic) bond motifs is 1. The van der Waals surface area contributed by atoms with Gasteiger partial charge in [0.1, 0.15) is 5.82 Å². The van der Waals surface area contributed by atoms with Gasteiger partial charge in [-0.15, -0.1) is 0 Å². The highest BCUT2D eigenvalue weighted by Crippen LogP contribution is 2.28. The highest BCUT2D eigenvalue weighted by Gasteiger charge is 2.21. The molecular formula is C14H20N4. The molecule has 0 spiro atoms. The molecule has 0 fully saturated rings. The van der Waals surface area contributed by atoms with E-state index >= 15 is 0 Å². The van der Waals surface area contributed by atoms with Crippen LogP contribution in [0, 0.1) is 5.92 Å². The molecule has 0 radical (unpaired) electrons. The number of H-pyrrole nitrogens is 1. The van der Waals surface area contributed by atoms with Gasteiger partial charge in [-0.3, -0.25) is 4.68 Å². The lowest BCUT2D eigenvalue weighted by molar-refractivity contribution is 0.492. The van der Waals surface area contributed by atoms with Crippen molar-refractivity contribution >= 4 is 0 Å². The Bertz CT molecular complexity index is 564. The van der Waals surface area contributed by atoms with Crippen LogP contribution in [0.15, 0.2) is 6.20 Å². The van der Waals surface area contributed by atoms with Gasteiger partial charge in [0.15, 0.2) is 0 Å². The molecule has 2 aromatic rings. The quantitative estimate of drug-likeness (QED) is 0.882. The van der Waals surface area contributed by atoms with E-state index in [0.29, 0.717) is 0 Å². The van der Waals surface area contributed by atoms with Crippen LogP contribution in [0.25, 0.3) is 11.4 Å². The third-order valence-corrected chi connectivity index (χ3v) is 3.79. The van der Waals surface area contributed by atoms with Crippen molar-refractivity contribution in [3.63, 3.8) is 0 Å². The molecule has 2 heterocycles. The number of aromatic nitrogens is 4. The third kappa shape index (κ3) is 1.85. The molecule has 0 bridgehead atoms. The van der Waals surface area contributed by atoms with Crippen molar-refractivity contribution in [3.05, 3.63) is 23.3 Å². The highest BCUT2D eigenvalue weighted by atomic mass is 15.3. The number of hydrogen-bond acceptors (Lipinski definition) is 2. The van der Waals surface area contributed by atoms with Gasteiger partial charge in [-0.05, 0) is 31.6 Å². The number of rotatable bonds is 2. The van der Waals surface area contributed by atoms with Gasteiger partial charge in [0.25, 0.3) is 0 Å². The summed E-state index contributed by atoms with van der Waals surface area (Å²) in [5, 5.41) is 4.48. The van der Waals surface area contributed by atoms with Crippen LogP contribution in [0.2, 0.25) is 0 Å². The van der Waals surface area contributed by atoms with E-state index in [9.17, 15) is 0 Å². The summed E-state index contributed by atoms with van der Waals surface area (Å²) in [6.45, 7) is 4.45. The Labute approximate surface area is 107 Å². The molecule has 0 saturated carbocycles. The molecule has 0 saturated heterocycles. The zero-order valence-electron chi connectivity index (χ0n) is 11.3. The monoisotopic (exact) mass is 244 g/mol. The van der Waals surface area contributed by atoms with Crippen LogP contribution in [0.4, 0.5) is 0 Å². The van der Waals surface area contributed by atoms with E-state index in [1.807, 2.05) is 11.7 Å². The van der Waals surface area contributed by atoms with Gasteiger partial charge in [-0.1, -0.05) is 13.8 Å². The number of nitrogens with zero attached hydrogens (tertiary/aromatic N) is 3. The fourth-order valence-electron chi connectivity index (χ4n) is 2.78.